The number of amides is 1. The molecule has 3 rings (SSSR count). The molecule has 1 aliphatic carbocycles. The van der Waals surface area contributed by atoms with Crippen LogP contribution in [0.25, 0.3) is 5.70 Å². The number of allylic oxidation sites excluding steroid dienone is 2. The van der Waals surface area contributed by atoms with Crippen molar-refractivity contribution in [3.8, 4) is 0 Å². The minimum Gasteiger partial charge on any atom is -0.354 e. The molecule has 186 valence electrons. The summed E-state index contributed by atoms with van der Waals surface area (Å²) in [5.74, 6) is -0.758. The van der Waals surface area contributed by atoms with Gasteiger partial charge in [-0.3, -0.25) is 4.79 Å². The smallest absolute Gasteiger partial charge is 0.226 e. The van der Waals surface area contributed by atoms with Gasteiger partial charge >= 0.3 is 0 Å². The van der Waals surface area contributed by atoms with Gasteiger partial charge < -0.3 is 10.2 Å². The Morgan fingerprint density at radius 3 is 2.50 bits per heavy atom. The van der Waals surface area contributed by atoms with E-state index in [9.17, 15) is 13.6 Å². The molecule has 0 spiro atoms. The first kappa shape index (κ1) is 26.2. The Hall–Kier alpha value is -2.41. The molecule has 1 amide bonds. The summed E-state index contributed by atoms with van der Waals surface area (Å²) in [6.07, 6.45) is 4.16. The first-order valence-corrected chi connectivity index (χ1v) is 12.1. The van der Waals surface area contributed by atoms with E-state index in [1.807, 2.05) is 6.92 Å². The fourth-order valence-corrected chi connectivity index (χ4v) is 5.84. The van der Waals surface area contributed by atoms with Gasteiger partial charge in [0.1, 0.15) is 11.6 Å². The van der Waals surface area contributed by atoms with E-state index in [0.717, 1.165) is 19.4 Å². The Balaban J connectivity index is 1.80. The second-order valence-corrected chi connectivity index (χ2v) is 10.8. The molecule has 1 saturated carbocycles. The molecule has 1 heterocycles. The fourth-order valence-electron chi connectivity index (χ4n) is 5.84. The number of likely N-dealkylation sites (tertiary alicyclic amines) is 1. The highest BCUT2D eigenvalue weighted by molar-refractivity contribution is 5.84. The zero-order chi connectivity index (χ0) is 25.3. The third-order valence-electron chi connectivity index (χ3n) is 8.32. The lowest BCUT2D eigenvalue weighted by Crippen LogP contribution is -2.49. The number of carbonyl (C=O) groups is 1. The van der Waals surface area contributed by atoms with Gasteiger partial charge in [0.15, 0.2) is 0 Å². The summed E-state index contributed by atoms with van der Waals surface area (Å²) in [6, 6.07) is 4.07. The molecule has 0 bridgehead atoms. The van der Waals surface area contributed by atoms with Gasteiger partial charge in [-0.2, -0.15) is 10.2 Å². The first-order chi connectivity index (χ1) is 15.9. The average molecular weight is 473 g/mol. The maximum absolute atomic E-state index is 14.4. The van der Waals surface area contributed by atoms with Crippen LogP contribution in [0.1, 0.15) is 52.5 Å². The van der Waals surface area contributed by atoms with Gasteiger partial charge in [-0.05, 0) is 67.3 Å². The second kappa shape index (κ2) is 10.1. The molecule has 1 saturated heterocycles. The SMILES string of the molecule is C=C(/C=C(\N=N/C)c1c(F)cccc1F)C1CCC(C)(C(=O)NC[C@@H]2C[C@@H](C)CN2C)C1(C)C. The van der Waals surface area contributed by atoms with Crippen molar-refractivity contribution in [1.82, 2.24) is 10.2 Å². The van der Waals surface area contributed by atoms with Crippen molar-refractivity contribution in [2.45, 2.75) is 53.0 Å². The molecule has 7 heteroatoms. The highest BCUT2D eigenvalue weighted by atomic mass is 19.1. The van der Waals surface area contributed by atoms with Gasteiger partial charge in [0.25, 0.3) is 0 Å². The van der Waals surface area contributed by atoms with Crippen LogP contribution in [0.2, 0.25) is 0 Å². The third-order valence-corrected chi connectivity index (χ3v) is 8.32. The third kappa shape index (κ3) is 4.85. The monoisotopic (exact) mass is 472 g/mol. The number of benzene rings is 1. The van der Waals surface area contributed by atoms with Crippen LogP contribution in [0.4, 0.5) is 8.78 Å². The normalized spacial score (nSPS) is 29.6. The summed E-state index contributed by atoms with van der Waals surface area (Å²) < 4.78 is 28.9. The number of halogens is 2. The lowest BCUT2D eigenvalue weighted by molar-refractivity contribution is -0.135. The van der Waals surface area contributed by atoms with Crippen LogP contribution in [-0.2, 0) is 4.79 Å². The van der Waals surface area contributed by atoms with E-state index >= 15 is 0 Å². The van der Waals surface area contributed by atoms with E-state index in [1.54, 1.807) is 6.08 Å². The van der Waals surface area contributed by atoms with Crippen LogP contribution in [0.15, 0.2) is 46.7 Å². The molecule has 2 aliphatic rings. The fraction of sp³-hybridized carbons (Fsp3) is 0.593. The Kier molecular flexibility index (Phi) is 7.75. The van der Waals surface area contributed by atoms with Crippen molar-refractivity contribution in [2.75, 3.05) is 27.2 Å². The van der Waals surface area contributed by atoms with E-state index in [-0.39, 0.29) is 23.1 Å². The largest absolute Gasteiger partial charge is 0.354 e. The van der Waals surface area contributed by atoms with Gasteiger partial charge in [-0.15, -0.1) is 0 Å². The van der Waals surface area contributed by atoms with Crippen molar-refractivity contribution in [3.05, 3.63) is 53.6 Å². The highest BCUT2D eigenvalue weighted by Gasteiger charge is 2.56. The molecule has 0 aromatic heterocycles. The molecule has 4 atom stereocenters. The summed E-state index contributed by atoms with van der Waals surface area (Å²) in [7, 11) is 3.57. The van der Waals surface area contributed by atoms with Crippen molar-refractivity contribution in [1.29, 1.82) is 0 Å². The summed E-state index contributed by atoms with van der Waals surface area (Å²) >= 11 is 0. The van der Waals surface area contributed by atoms with E-state index < -0.39 is 22.5 Å². The van der Waals surface area contributed by atoms with Crippen LogP contribution in [0.3, 0.4) is 0 Å². The molecule has 0 radical (unpaired) electrons. The van der Waals surface area contributed by atoms with E-state index in [4.69, 9.17) is 0 Å². The lowest BCUT2D eigenvalue weighted by atomic mass is 9.63. The number of nitrogens with zero attached hydrogens (tertiary/aromatic N) is 3. The van der Waals surface area contributed by atoms with E-state index in [2.05, 4.69) is 54.8 Å². The highest BCUT2D eigenvalue weighted by Crippen LogP contribution is 2.58. The summed E-state index contributed by atoms with van der Waals surface area (Å²) in [4.78, 5) is 15.7. The molecule has 34 heavy (non-hydrogen) atoms. The van der Waals surface area contributed by atoms with Gasteiger partial charge in [0.05, 0.1) is 16.7 Å². The topological polar surface area (TPSA) is 57.1 Å². The minimum atomic E-state index is -0.701. The van der Waals surface area contributed by atoms with Crippen LogP contribution < -0.4 is 5.32 Å². The Morgan fingerprint density at radius 2 is 1.94 bits per heavy atom. The first-order valence-electron chi connectivity index (χ1n) is 12.1. The van der Waals surface area contributed by atoms with Crippen molar-refractivity contribution < 1.29 is 13.6 Å². The number of carbonyl (C=O) groups excluding carboxylic acids is 1. The van der Waals surface area contributed by atoms with Gasteiger partial charge in [0, 0.05) is 26.2 Å². The molecule has 1 aromatic rings. The summed E-state index contributed by atoms with van der Waals surface area (Å²) in [5.41, 5.74) is -0.443. The molecule has 1 N–H and O–H groups in total. The van der Waals surface area contributed by atoms with Gasteiger partial charge in [-0.25, -0.2) is 8.78 Å². The maximum Gasteiger partial charge on any atom is 0.226 e. The number of hydrogen-bond donors (Lipinski definition) is 1. The molecule has 2 fully saturated rings. The van der Waals surface area contributed by atoms with Crippen molar-refractivity contribution >= 4 is 11.6 Å². The predicted octanol–water partition coefficient (Wildman–Crippen LogP) is 5.84. The standard InChI is InChI=1S/C27H38F2N4O/c1-17-13-19(33(7)16-17)15-31-25(34)27(5)12-11-20(26(27,3)4)18(2)14-23(32-30-6)24-21(28)9-8-10-22(24)29/h8-10,14,17,19-20H,2,11-13,15-16H2,1,3-7H3,(H,31,34)/b23-14-,32-30-/t17-,19+,20?,27?/m1/s1. The van der Waals surface area contributed by atoms with Crippen molar-refractivity contribution in [3.63, 3.8) is 0 Å². The van der Waals surface area contributed by atoms with Gasteiger partial charge in [0.2, 0.25) is 5.91 Å². The zero-order valence-electron chi connectivity index (χ0n) is 21.3. The number of hydrogen-bond acceptors (Lipinski definition) is 4. The molecule has 1 aromatic carbocycles. The molecule has 1 aliphatic heterocycles. The lowest BCUT2D eigenvalue weighted by Gasteiger charge is -2.41. The number of rotatable bonds is 7. The Labute approximate surface area is 202 Å². The number of likely N-dealkylation sites (N-methyl/N-ethyl adjacent to an activating group) is 1. The molecular formula is C27H38F2N4O. The average Bonchev–Trinajstić information content (AvgIpc) is 3.20. The van der Waals surface area contributed by atoms with Crippen molar-refractivity contribution in [2.24, 2.45) is 32.9 Å². The summed E-state index contributed by atoms with van der Waals surface area (Å²) in [6.45, 7) is 14.3. The van der Waals surface area contributed by atoms with Crippen LogP contribution in [-0.4, -0.2) is 44.0 Å². The summed E-state index contributed by atoms with van der Waals surface area (Å²) in [5, 5.41) is 11.0. The quantitative estimate of drug-likeness (QED) is 0.400. The van der Waals surface area contributed by atoms with Crippen LogP contribution in [0, 0.1) is 34.3 Å². The second-order valence-electron chi connectivity index (χ2n) is 10.8. The molecular weight excluding hydrogens is 434 g/mol. The predicted molar refractivity (Wildman–Crippen MR) is 132 cm³/mol. The van der Waals surface area contributed by atoms with Gasteiger partial charge in [-0.1, -0.05) is 40.3 Å². The molecule has 5 nitrogen and oxygen atoms in total. The Bertz CT molecular complexity index is 982. The van der Waals surface area contributed by atoms with Crippen LogP contribution >= 0.6 is 0 Å². The maximum atomic E-state index is 14.4. The number of nitrogens with one attached hydrogen (secondary N) is 1. The zero-order valence-corrected chi connectivity index (χ0v) is 21.3. The minimum absolute atomic E-state index is 0.0469. The number of azo groups is 1. The molecule has 2 unspecified atom stereocenters. The van der Waals surface area contributed by atoms with E-state index in [0.29, 0.717) is 30.5 Å². The Morgan fingerprint density at radius 1 is 1.29 bits per heavy atom. The van der Waals surface area contributed by atoms with Crippen LogP contribution in [0.5, 0.6) is 0 Å². The van der Waals surface area contributed by atoms with E-state index in [1.165, 1.54) is 25.2 Å².